The van der Waals surface area contributed by atoms with Gasteiger partial charge in [0.1, 0.15) is 0 Å². The Hall–Kier alpha value is -1.65. The fourth-order valence-electron chi connectivity index (χ4n) is 1.56. The third-order valence-electron chi connectivity index (χ3n) is 2.58. The van der Waals surface area contributed by atoms with E-state index in [4.69, 9.17) is 4.74 Å². The molecule has 9 nitrogen and oxygen atoms in total. The number of carbonyl (C=O) groups is 1. The van der Waals surface area contributed by atoms with Gasteiger partial charge >= 0.3 is 148 Å². The van der Waals surface area contributed by atoms with Crippen molar-refractivity contribution < 1.29 is 31.1 Å². The predicted octanol–water partition coefficient (Wildman–Crippen LogP) is 1.01. The molecular formula is C11H13F3IN5O4S. The van der Waals surface area contributed by atoms with Crippen LogP contribution in [-0.2, 0) is 14.8 Å². The number of guanidine groups is 1. The van der Waals surface area contributed by atoms with Crippen molar-refractivity contribution in [3.05, 3.63) is 30.3 Å². The van der Waals surface area contributed by atoms with Crippen LogP contribution in [0.5, 0.6) is 0 Å². The fraction of sp³-hybridized carbons (Fsp3) is 0.273. The fourth-order valence-corrected chi connectivity index (χ4v) is 5.01. The number of aliphatic imine (C=N–C) groups is 1. The summed E-state index contributed by atoms with van der Waals surface area (Å²) in [7, 11) is -3.04. The summed E-state index contributed by atoms with van der Waals surface area (Å²) < 4.78 is 68.6. The van der Waals surface area contributed by atoms with Crippen molar-refractivity contribution in [1.82, 2.24) is 17.1 Å². The molecule has 0 spiro atoms. The Morgan fingerprint density at radius 2 is 1.96 bits per heavy atom. The Morgan fingerprint density at radius 3 is 2.52 bits per heavy atom. The number of amides is 2. The molecule has 0 radical (unpaired) electrons. The van der Waals surface area contributed by atoms with Gasteiger partial charge in [-0.2, -0.15) is 0 Å². The number of nitrogens with zero attached hydrogens (tertiary/aromatic N) is 1. The van der Waals surface area contributed by atoms with E-state index in [0.717, 1.165) is 7.11 Å². The van der Waals surface area contributed by atoms with E-state index >= 15 is 0 Å². The summed E-state index contributed by atoms with van der Waals surface area (Å²) in [6, 6.07) is 5.74. The van der Waals surface area contributed by atoms with Crippen molar-refractivity contribution >= 4 is 42.4 Å². The van der Waals surface area contributed by atoms with E-state index in [9.17, 15) is 26.4 Å². The molecule has 1 heterocycles. The van der Waals surface area contributed by atoms with E-state index in [1.54, 1.807) is 10.8 Å². The number of alkyl halides is 4. The van der Waals surface area contributed by atoms with E-state index in [1.165, 1.54) is 24.3 Å². The van der Waals surface area contributed by atoms with Crippen LogP contribution < -0.4 is 17.1 Å². The normalized spacial score (nSPS) is 19.6. The van der Waals surface area contributed by atoms with Crippen molar-refractivity contribution in [2.45, 2.75) is 15.4 Å². The molecule has 1 aliphatic rings. The minimum absolute atomic E-state index is 0.177. The third-order valence-corrected chi connectivity index (χ3v) is 7.36. The zero-order valence-electron chi connectivity index (χ0n) is 12.5. The summed E-state index contributed by atoms with van der Waals surface area (Å²) in [5, 5.41) is 1.94. The van der Waals surface area contributed by atoms with Crippen LogP contribution in [0, 0.1) is 0 Å². The zero-order chi connectivity index (χ0) is 18.7. The first-order chi connectivity index (χ1) is 11.6. The average molecular weight is 495 g/mol. The minimum atomic E-state index is -4.55. The molecule has 0 aliphatic carbocycles. The van der Waals surface area contributed by atoms with Gasteiger partial charge in [0.05, 0.1) is 0 Å². The summed E-state index contributed by atoms with van der Waals surface area (Å²) in [5.41, 5.74) is 0. The van der Waals surface area contributed by atoms with Crippen LogP contribution in [0.15, 0.2) is 40.2 Å². The Labute approximate surface area is 148 Å². The van der Waals surface area contributed by atoms with E-state index in [-0.39, 0.29) is 4.90 Å². The number of rotatable bonds is 3. The van der Waals surface area contributed by atoms with Gasteiger partial charge in [-0.3, -0.25) is 0 Å². The van der Waals surface area contributed by atoms with E-state index in [0.29, 0.717) is 0 Å². The maximum absolute atomic E-state index is 12.9. The Morgan fingerprint density at radius 1 is 1.32 bits per heavy atom. The molecule has 1 aliphatic heterocycles. The number of hydrogen-bond donors (Lipinski definition) is 4. The van der Waals surface area contributed by atoms with Gasteiger partial charge in [0.25, 0.3) is 0 Å². The first-order valence-electron chi connectivity index (χ1n) is 6.40. The molecule has 1 aromatic carbocycles. The average Bonchev–Trinajstić information content (AvgIpc) is 2.54. The van der Waals surface area contributed by atoms with Gasteiger partial charge in [0.2, 0.25) is 0 Å². The van der Waals surface area contributed by atoms with Gasteiger partial charge < -0.3 is 0 Å². The molecule has 1 aromatic rings. The second kappa shape index (κ2) is 7.71. The molecule has 1 atom stereocenters. The second-order valence-electron chi connectivity index (χ2n) is 4.35. The van der Waals surface area contributed by atoms with Crippen LogP contribution in [-0.4, -0.2) is 38.1 Å². The van der Waals surface area contributed by atoms with Crippen molar-refractivity contribution in [2.75, 3.05) is 7.11 Å². The maximum atomic E-state index is 12.9. The number of urea groups is 1. The van der Waals surface area contributed by atoms with E-state index in [1.807, 2.05) is 8.85 Å². The van der Waals surface area contributed by atoms with Gasteiger partial charge in [-0.05, 0) is 0 Å². The number of halogens is 4. The van der Waals surface area contributed by atoms with Gasteiger partial charge in [0, 0.05) is 0 Å². The Kier molecular flexibility index (Phi) is 6.07. The molecule has 0 bridgehead atoms. The monoisotopic (exact) mass is 495 g/mol. The molecule has 0 saturated heterocycles. The molecule has 1 unspecified atom stereocenters. The molecule has 0 saturated carbocycles. The Bertz CT molecular complexity index is 759. The summed E-state index contributed by atoms with van der Waals surface area (Å²) in [6.07, 6.45) is -1.31. The van der Waals surface area contributed by atoms with Gasteiger partial charge in [-0.15, -0.1) is 0 Å². The third kappa shape index (κ3) is 5.41. The molecule has 2 amide bonds. The van der Waals surface area contributed by atoms with Crippen LogP contribution in [0.2, 0.25) is 0 Å². The number of sulfonamides is 1. The predicted molar refractivity (Wildman–Crippen MR) is 89.9 cm³/mol. The molecule has 4 N–H and O–H groups in total. The summed E-state index contributed by atoms with van der Waals surface area (Å²) in [5.74, 6) is -0.533. The van der Waals surface area contributed by atoms with Crippen LogP contribution in [0.1, 0.15) is 0 Å². The zero-order valence-corrected chi connectivity index (χ0v) is 15.4. The SMILES string of the molecule is COC1N=C(NC(=O)NS(=O)(=O)c2ccccc2)NI(C(F)(F)F)N1. The van der Waals surface area contributed by atoms with Crippen LogP contribution in [0.3, 0.4) is 0 Å². The van der Waals surface area contributed by atoms with Crippen molar-refractivity contribution in [2.24, 2.45) is 4.99 Å². The topological polar surface area (TPSA) is 121 Å². The molecule has 140 valence electrons. The van der Waals surface area contributed by atoms with Crippen LogP contribution in [0.25, 0.3) is 0 Å². The number of hydrogen-bond acceptors (Lipinski definition) is 7. The number of ether oxygens (including phenoxy) is 1. The number of carbonyl (C=O) groups excluding carboxylic acids is 1. The van der Waals surface area contributed by atoms with E-state index in [2.05, 4.69) is 8.52 Å². The quantitative estimate of drug-likeness (QED) is 0.282. The first kappa shape index (κ1) is 19.7. The summed E-state index contributed by atoms with van der Waals surface area (Å²) in [4.78, 5) is 15.3. The molecular weight excluding hydrogens is 482 g/mol. The standard InChI is InChI=1S/C11H13F3IN5O4S/c1-24-10-17-8(18-15(19-10)11(12,13)14)16-9(21)20-25(22,23)7-5-3-2-4-6-7/h2-6,10,19H,1H3,(H3,16,17,18,20,21). The van der Waals surface area contributed by atoms with Gasteiger partial charge in [-0.25, -0.2) is 0 Å². The summed E-state index contributed by atoms with van der Waals surface area (Å²) in [6.45, 7) is 0. The molecule has 2 rings (SSSR count). The molecule has 0 fully saturated rings. The number of nitrogens with one attached hydrogen (secondary N) is 4. The number of benzene rings is 1. The van der Waals surface area contributed by atoms with E-state index < -0.39 is 52.9 Å². The number of methoxy groups -OCH3 is 1. The first-order valence-corrected chi connectivity index (χ1v) is 11.1. The van der Waals surface area contributed by atoms with Crippen molar-refractivity contribution in [3.63, 3.8) is 0 Å². The Balaban J connectivity index is 2.07. The molecule has 0 aromatic heterocycles. The van der Waals surface area contributed by atoms with Crippen molar-refractivity contribution in [3.8, 4) is 0 Å². The van der Waals surface area contributed by atoms with Crippen molar-refractivity contribution in [1.29, 1.82) is 0 Å². The second-order valence-corrected chi connectivity index (χ2v) is 10.0. The van der Waals surface area contributed by atoms with Gasteiger partial charge in [-0.1, -0.05) is 0 Å². The molecule has 14 heteroatoms. The molecule has 25 heavy (non-hydrogen) atoms. The summed E-state index contributed by atoms with van der Waals surface area (Å²) >= 11 is -3.96. The van der Waals surface area contributed by atoms with Gasteiger partial charge in [0.15, 0.2) is 0 Å². The van der Waals surface area contributed by atoms with Crippen LogP contribution >= 0.6 is 20.4 Å². The van der Waals surface area contributed by atoms with Crippen LogP contribution in [0.4, 0.5) is 18.0 Å².